The van der Waals surface area contributed by atoms with Gasteiger partial charge < -0.3 is 16.0 Å². The fourth-order valence-electron chi connectivity index (χ4n) is 2.07. The number of urea groups is 1. The van der Waals surface area contributed by atoms with E-state index in [1.165, 1.54) is 37.4 Å². The van der Waals surface area contributed by atoms with Crippen LogP contribution in [0.2, 0.25) is 0 Å². The number of amides is 3. The first kappa shape index (κ1) is 17.4. The fraction of sp³-hybridized carbons (Fsp3) is 0.176. The smallest absolute Gasteiger partial charge is 0.319 e. The van der Waals surface area contributed by atoms with Crippen molar-refractivity contribution in [3.8, 4) is 11.1 Å². The molecule has 0 radical (unpaired) electrons. The Balaban J connectivity index is 1.99. The molecule has 0 aromatic heterocycles. The number of nitrogens with one attached hydrogen (secondary N) is 3. The SMILES string of the molecule is CNC(=O)CCNC(=O)Nc1ccc(-c2cccc(F)c2)c(F)c1. The molecular formula is C17H17F2N3O2. The van der Waals surface area contributed by atoms with Crippen LogP contribution >= 0.6 is 0 Å². The Morgan fingerprint density at radius 1 is 1.08 bits per heavy atom. The van der Waals surface area contributed by atoms with E-state index >= 15 is 0 Å². The third kappa shape index (κ3) is 4.77. The van der Waals surface area contributed by atoms with Crippen LogP contribution in [0.3, 0.4) is 0 Å². The molecule has 5 nitrogen and oxygen atoms in total. The van der Waals surface area contributed by atoms with Crippen molar-refractivity contribution < 1.29 is 18.4 Å². The van der Waals surface area contributed by atoms with E-state index in [-0.39, 0.29) is 30.1 Å². The van der Waals surface area contributed by atoms with Crippen LogP contribution in [0.4, 0.5) is 19.3 Å². The average molecular weight is 333 g/mol. The highest BCUT2D eigenvalue weighted by Gasteiger charge is 2.09. The maximum Gasteiger partial charge on any atom is 0.319 e. The van der Waals surface area contributed by atoms with Crippen LogP contribution in [0.5, 0.6) is 0 Å². The molecule has 7 heteroatoms. The predicted octanol–water partition coefficient (Wildman–Crippen LogP) is 2.89. The van der Waals surface area contributed by atoms with Gasteiger partial charge in [0.05, 0.1) is 0 Å². The van der Waals surface area contributed by atoms with E-state index in [9.17, 15) is 18.4 Å². The molecule has 0 aliphatic carbocycles. The molecule has 0 unspecified atom stereocenters. The Kier molecular flexibility index (Phi) is 5.83. The van der Waals surface area contributed by atoms with Crippen molar-refractivity contribution in [3.63, 3.8) is 0 Å². The quantitative estimate of drug-likeness (QED) is 0.787. The zero-order chi connectivity index (χ0) is 17.5. The summed E-state index contributed by atoms with van der Waals surface area (Å²) in [5.41, 5.74) is 0.902. The molecular weight excluding hydrogens is 316 g/mol. The van der Waals surface area contributed by atoms with Crippen LogP contribution in [-0.2, 0) is 4.79 Å². The molecule has 0 aliphatic rings. The Bertz CT molecular complexity index is 750. The number of hydrogen-bond acceptors (Lipinski definition) is 2. The summed E-state index contributed by atoms with van der Waals surface area (Å²) in [7, 11) is 1.51. The third-order valence-electron chi connectivity index (χ3n) is 3.28. The second-order valence-electron chi connectivity index (χ2n) is 5.01. The standard InChI is InChI=1S/C17H17F2N3O2/c1-20-16(23)7-8-21-17(24)22-13-5-6-14(15(19)10-13)11-3-2-4-12(18)9-11/h2-6,9-10H,7-8H2,1H3,(H,20,23)(H2,21,22,24). The fourth-order valence-corrected chi connectivity index (χ4v) is 2.07. The van der Waals surface area contributed by atoms with Gasteiger partial charge in [0, 0.05) is 31.3 Å². The molecule has 2 aromatic rings. The molecule has 0 aliphatic heterocycles. The largest absolute Gasteiger partial charge is 0.359 e. The van der Waals surface area contributed by atoms with Gasteiger partial charge in [-0.2, -0.15) is 0 Å². The van der Waals surface area contributed by atoms with Crippen molar-refractivity contribution in [2.75, 3.05) is 18.9 Å². The van der Waals surface area contributed by atoms with Crippen LogP contribution in [0, 0.1) is 11.6 Å². The van der Waals surface area contributed by atoms with E-state index in [1.807, 2.05) is 0 Å². The maximum atomic E-state index is 14.2. The lowest BCUT2D eigenvalue weighted by Crippen LogP contribution is -2.32. The molecule has 126 valence electrons. The lowest BCUT2D eigenvalue weighted by molar-refractivity contribution is -0.120. The van der Waals surface area contributed by atoms with Gasteiger partial charge in [0.25, 0.3) is 0 Å². The number of halogens is 2. The molecule has 0 heterocycles. The van der Waals surface area contributed by atoms with Gasteiger partial charge in [-0.1, -0.05) is 12.1 Å². The number of anilines is 1. The summed E-state index contributed by atoms with van der Waals surface area (Å²) in [5, 5.41) is 7.39. The number of rotatable bonds is 5. The third-order valence-corrected chi connectivity index (χ3v) is 3.28. The minimum atomic E-state index is -0.580. The Morgan fingerprint density at radius 3 is 2.54 bits per heavy atom. The average Bonchev–Trinajstić information content (AvgIpc) is 2.54. The summed E-state index contributed by atoms with van der Waals surface area (Å²) in [6, 6.07) is 9.19. The van der Waals surface area contributed by atoms with Gasteiger partial charge in [-0.25, -0.2) is 13.6 Å². The molecule has 0 spiro atoms. The molecule has 24 heavy (non-hydrogen) atoms. The van der Waals surface area contributed by atoms with Crippen LogP contribution < -0.4 is 16.0 Å². The predicted molar refractivity (Wildman–Crippen MR) is 87.5 cm³/mol. The van der Waals surface area contributed by atoms with E-state index in [4.69, 9.17) is 0 Å². The highest BCUT2D eigenvalue weighted by molar-refractivity contribution is 5.90. The first-order valence-corrected chi connectivity index (χ1v) is 7.30. The lowest BCUT2D eigenvalue weighted by atomic mass is 10.0. The van der Waals surface area contributed by atoms with Crippen molar-refractivity contribution in [2.24, 2.45) is 0 Å². The van der Waals surface area contributed by atoms with Gasteiger partial charge in [0.2, 0.25) is 5.91 Å². The van der Waals surface area contributed by atoms with E-state index in [0.717, 1.165) is 6.07 Å². The Hall–Kier alpha value is -2.96. The summed E-state index contributed by atoms with van der Waals surface area (Å²) < 4.78 is 27.4. The van der Waals surface area contributed by atoms with Crippen molar-refractivity contribution in [2.45, 2.75) is 6.42 Å². The van der Waals surface area contributed by atoms with Gasteiger partial charge in [-0.15, -0.1) is 0 Å². The zero-order valence-corrected chi connectivity index (χ0v) is 13.0. The highest BCUT2D eigenvalue weighted by Crippen LogP contribution is 2.25. The molecule has 3 N–H and O–H groups in total. The molecule has 3 amide bonds. The summed E-state index contributed by atoms with van der Waals surface area (Å²) in [6.45, 7) is 0.162. The molecule has 0 fully saturated rings. The maximum absolute atomic E-state index is 14.2. The van der Waals surface area contributed by atoms with Gasteiger partial charge in [0.1, 0.15) is 11.6 Å². The van der Waals surface area contributed by atoms with Crippen molar-refractivity contribution >= 4 is 17.6 Å². The van der Waals surface area contributed by atoms with Gasteiger partial charge >= 0.3 is 6.03 Å². The normalized spacial score (nSPS) is 10.1. The summed E-state index contributed by atoms with van der Waals surface area (Å²) in [4.78, 5) is 22.7. The van der Waals surface area contributed by atoms with Gasteiger partial charge in [-0.05, 0) is 35.9 Å². The van der Waals surface area contributed by atoms with Crippen molar-refractivity contribution in [3.05, 3.63) is 54.1 Å². The summed E-state index contributed by atoms with van der Waals surface area (Å²) >= 11 is 0. The van der Waals surface area contributed by atoms with Gasteiger partial charge in [-0.3, -0.25) is 4.79 Å². The molecule has 0 bridgehead atoms. The summed E-state index contributed by atoms with van der Waals surface area (Å²) in [6.07, 6.45) is 0.150. The van der Waals surface area contributed by atoms with E-state index in [2.05, 4.69) is 16.0 Å². The second kappa shape index (κ2) is 8.05. The number of hydrogen-bond donors (Lipinski definition) is 3. The minimum absolute atomic E-state index is 0.150. The number of carbonyl (C=O) groups is 2. The highest BCUT2D eigenvalue weighted by atomic mass is 19.1. The Labute approximate surface area is 138 Å². The van der Waals surface area contributed by atoms with Crippen LogP contribution in [0.15, 0.2) is 42.5 Å². The Morgan fingerprint density at radius 2 is 1.88 bits per heavy atom. The lowest BCUT2D eigenvalue weighted by Gasteiger charge is -2.09. The minimum Gasteiger partial charge on any atom is -0.359 e. The van der Waals surface area contributed by atoms with E-state index < -0.39 is 17.7 Å². The van der Waals surface area contributed by atoms with E-state index in [1.54, 1.807) is 6.07 Å². The van der Waals surface area contributed by atoms with Crippen LogP contribution in [0.1, 0.15) is 6.42 Å². The first-order valence-electron chi connectivity index (χ1n) is 7.30. The van der Waals surface area contributed by atoms with Crippen molar-refractivity contribution in [1.82, 2.24) is 10.6 Å². The molecule has 0 atom stereocenters. The van der Waals surface area contributed by atoms with E-state index in [0.29, 0.717) is 5.56 Å². The van der Waals surface area contributed by atoms with Crippen molar-refractivity contribution in [1.29, 1.82) is 0 Å². The van der Waals surface area contributed by atoms with Gasteiger partial charge in [0.15, 0.2) is 0 Å². The monoisotopic (exact) mass is 333 g/mol. The topological polar surface area (TPSA) is 70.2 Å². The molecule has 2 aromatic carbocycles. The molecule has 2 rings (SSSR count). The first-order chi connectivity index (χ1) is 11.5. The number of carbonyl (C=O) groups excluding carboxylic acids is 2. The molecule has 0 saturated heterocycles. The van der Waals surface area contributed by atoms with Crippen LogP contribution in [0.25, 0.3) is 11.1 Å². The number of benzene rings is 2. The molecule has 0 saturated carbocycles. The second-order valence-corrected chi connectivity index (χ2v) is 5.01. The van der Waals surface area contributed by atoms with Crippen LogP contribution in [-0.4, -0.2) is 25.5 Å². The zero-order valence-electron chi connectivity index (χ0n) is 13.0. The summed E-state index contributed by atoms with van der Waals surface area (Å²) in [5.74, 6) is -1.23.